The quantitative estimate of drug-likeness (QED) is 0.214. The summed E-state index contributed by atoms with van der Waals surface area (Å²) in [5, 5.41) is 3.41. The van der Waals surface area contributed by atoms with Crippen molar-refractivity contribution in [2.45, 2.75) is 26.2 Å². The second kappa shape index (κ2) is 16.4. The Kier molecular flexibility index (Phi) is 12.7. The van der Waals surface area contributed by atoms with Crippen LogP contribution in [-0.4, -0.2) is 47.4 Å². The van der Waals surface area contributed by atoms with Crippen LogP contribution in [0.15, 0.2) is 97.1 Å². The summed E-state index contributed by atoms with van der Waals surface area (Å²) < 4.78 is 46.1. The molecule has 0 aliphatic heterocycles. The molecule has 0 bridgehead atoms. The summed E-state index contributed by atoms with van der Waals surface area (Å²) in [5.74, 6) is 3.27. The Bertz CT molecular complexity index is 1340. The molecule has 8 nitrogen and oxygen atoms in total. The average Bonchev–Trinajstić information content (AvgIpc) is 3.02. The minimum Gasteiger partial charge on any atom is -0.497 e. The van der Waals surface area contributed by atoms with Crippen molar-refractivity contribution in [3.8, 4) is 23.0 Å². The first-order valence-electron chi connectivity index (χ1n) is 13.4. The molecule has 0 aromatic heterocycles. The van der Waals surface area contributed by atoms with Gasteiger partial charge >= 0.3 is 0 Å². The number of nitrogens with zero attached hydrogens (tertiary/aromatic N) is 1. The van der Waals surface area contributed by atoms with E-state index in [0.717, 1.165) is 47.2 Å². The molecule has 4 aromatic rings. The number of ether oxygens (including phenoxy) is 4. The van der Waals surface area contributed by atoms with Gasteiger partial charge in [0.05, 0.1) is 34.7 Å². The molecule has 0 unspecified atom stereocenters. The molecule has 4 aromatic carbocycles. The van der Waals surface area contributed by atoms with Crippen LogP contribution < -0.4 is 24.3 Å². The Morgan fingerprint density at radius 1 is 0.500 bits per heavy atom. The Morgan fingerprint density at radius 3 is 1.00 bits per heavy atom. The summed E-state index contributed by atoms with van der Waals surface area (Å²) in [6, 6.07) is 30.9. The molecule has 0 amide bonds. The van der Waals surface area contributed by atoms with E-state index in [4.69, 9.17) is 18.9 Å². The van der Waals surface area contributed by atoms with Crippen molar-refractivity contribution in [3.05, 3.63) is 119 Å². The lowest BCUT2D eigenvalue weighted by Gasteiger charge is -2.20. The van der Waals surface area contributed by atoms with Gasteiger partial charge in [-0.25, -0.2) is 8.42 Å². The van der Waals surface area contributed by atoms with Crippen molar-refractivity contribution in [1.29, 1.82) is 0 Å². The standard InChI is InChI=1S/C17H21NO4S.C16H19NO2/c1-21-16-8-4-14(5-9-16)12-18(23(3,19)20)13-15-6-10-17(22-2)11-7-15;1-18-15-7-3-13(4-8-15)11-17-12-14-5-9-16(19-2)10-6-14/h4-11H,12-13H2,1-3H3;3-10,17H,11-12H2,1-2H3. The van der Waals surface area contributed by atoms with Crippen LogP contribution in [0.5, 0.6) is 23.0 Å². The molecular weight excluding hydrogens is 552 g/mol. The molecule has 9 heteroatoms. The Hall–Kier alpha value is -4.05. The van der Waals surface area contributed by atoms with Gasteiger partial charge in [-0.3, -0.25) is 0 Å². The van der Waals surface area contributed by atoms with Gasteiger partial charge in [-0.15, -0.1) is 0 Å². The summed E-state index contributed by atoms with van der Waals surface area (Å²) in [5.41, 5.74) is 4.30. The van der Waals surface area contributed by atoms with Crippen LogP contribution in [0, 0.1) is 0 Å². The molecule has 0 saturated carbocycles. The van der Waals surface area contributed by atoms with Crippen LogP contribution in [0.25, 0.3) is 0 Å². The predicted octanol–water partition coefficient (Wildman–Crippen LogP) is 5.66. The molecule has 42 heavy (non-hydrogen) atoms. The van der Waals surface area contributed by atoms with Crippen molar-refractivity contribution < 1.29 is 27.4 Å². The summed E-state index contributed by atoms with van der Waals surface area (Å²) in [6.07, 6.45) is 1.22. The van der Waals surface area contributed by atoms with Crippen molar-refractivity contribution in [2.24, 2.45) is 0 Å². The first kappa shape index (κ1) is 32.5. The molecule has 0 radical (unpaired) electrons. The summed E-state index contributed by atoms with van der Waals surface area (Å²) in [6.45, 7) is 2.32. The SMILES string of the molecule is COc1ccc(CN(Cc2ccc(OC)cc2)S(C)(=O)=O)cc1.COc1ccc(CNCc2ccc(OC)cc2)cc1. The molecule has 0 heterocycles. The largest absolute Gasteiger partial charge is 0.497 e. The van der Waals surface area contributed by atoms with Gasteiger partial charge in [0.2, 0.25) is 10.0 Å². The van der Waals surface area contributed by atoms with Crippen molar-refractivity contribution >= 4 is 10.0 Å². The molecule has 0 fully saturated rings. The van der Waals surface area contributed by atoms with E-state index in [1.165, 1.54) is 21.7 Å². The third-order valence-corrected chi connectivity index (χ3v) is 7.68. The van der Waals surface area contributed by atoms with E-state index >= 15 is 0 Å². The average molecular weight is 593 g/mol. The lowest BCUT2D eigenvalue weighted by molar-refractivity contribution is 0.400. The fraction of sp³-hybridized carbons (Fsp3) is 0.273. The van der Waals surface area contributed by atoms with Crippen LogP contribution in [0.3, 0.4) is 0 Å². The fourth-order valence-electron chi connectivity index (χ4n) is 4.00. The van der Waals surface area contributed by atoms with Gasteiger partial charge in [0.25, 0.3) is 0 Å². The maximum atomic E-state index is 12.1. The lowest BCUT2D eigenvalue weighted by atomic mass is 10.2. The van der Waals surface area contributed by atoms with Crippen LogP contribution in [-0.2, 0) is 36.2 Å². The molecule has 224 valence electrons. The Balaban J connectivity index is 0.000000235. The van der Waals surface area contributed by atoms with Crippen LogP contribution >= 0.6 is 0 Å². The smallest absolute Gasteiger partial charge is 0.211 e. The monoisotopic (exact) mass is 592 g/mol. The topological polar surface area (TPSA) is 86.3 Å². The molecule has 1 N–H and O–H groups in total. The first-order valence-corrected chi connectivity index (χ1v) is 15.3. The van der Waals surface area contributed by atoms with E-state index in [1.54, 1.807) is 28.4 Å². The highest BCUT2D eigenvalue weighted by Gasteiger charge is 2.17. The van der Waals surface area contributed by atoms with E-state index in [0.29, 0.717) is 13.1 Å². The zero-order chi connectivity index (χ0) is 30.4. The zero-order valence-electron chi connectivity index (χ0n) is 24.9. The van der Waals surface area contributed by atoms with Crippen molar-refractivity contribution in [1.82, 2.24) is 9.62 Å². The lowest BCUT2D eigenvalue weighted by Crippen LogP contribution is -2.29. The van der Waals surface area contributed by atoms with Crippen molar-refractivity contribution in [2.75, 3.05) is 34.7 Å². The molecular formula is C33H40N2O6S. The molecule has 0 saturated heterocycles. The molecule has 0 aliphatic rings. The highest BCUT2D eigenvalue weighted by Crippen LogP contribution is 2.19. The summed E-state index contributed by atoms with van der Waals surface area (Å²) >= 11 is 0. The van der Waals surface area contributed by atoms with E-state index in [-0.39, 0.29) is 0 Å². The van der Waals surface area contributed by atoms with Crippen LogP contribution in [0.4, 0.5) is 0 Å². The fourth-order valence-corrected chi connectivity index (χ4v) is 4.76. The number of methoxy groups -OCH3 is 4. The summed E-state index contributed by atoms with van der Waals surface area (Å²) in [4.78, 5) is 0. The minimum absolute atomic E-state index is 0.314. The number of nitrogens with one attached hydrogen (secondary N) is 1. The third-order valence-electron chi connectivity index (χ3n) is 6.48. The first-order chi connectivity index (χ1) is 20.2. The van der Waals surface area contributed by atoms with Crippen molar-refractivity contribution in [3.63, 3.8) is 0 Å². The second-order valence-corrected chi connectivity index (χ2v) is 11.5. The maximum absolute atomic E-state index is 12.1. The van der Waals surface area contributed by atoms with Gasteiger partial charge in [0.1, 0.15) is 23.0 Å². The highest BCUT2D eigenvalue weighted by molar-refractivity contribution is 7.88. The van der Waals surface area contributed by atoms with Gasteiger partial charge < -0.3 is 24.3 Å². The van der Waals surface area contributed by atoms with Crippen LogP contribution in [0.2, 0.25) is 0 Å². The molecule has 0 spiro atoms. The van der Waals surface area contributed by atoms with E-state index < -0.39 is 10.0 Å². The van der Waals surface area contributed by atoms with Gasteiger partial charge in [0, 0.05) is 26.2 Å². The van der Waals surface area contributed by atoms with E-state index in [9.17, 15) is 8.42 Å². The number of benzene rings is 4. The molecule has 4 rings (SSSR count). The van der Waals surface area contributed by atoms with Crippen LogP contribution in [0.1, 0.15) is 22.3 Å². The number of sulfonamides is 1. The Labute approximate surface area is 249 Å². The van der Waals surface area contributed by atoms with Gasteiger partial charge in [-0.1, -0.05) is 48.5 Å². The molecule has 0 atom stereocenters. The van der Waals surface area contributed by atoms with E-state index in [2.05, 4.69) is 29.6 Å². The minimum atomic E-state index is -3.32. The third kappa shape index (κ3) is 10.7. The number of hydrogen-bond acceptors (Lipinski definition) is 7. The van der Waals surface area contributed by atoms with Gasteiger partial charge in [0.15, 0.2) is 0 Å². The van der Waals surface area contributed by atoms with Gasteiger partial charge in [-0.05, 0) is 70.8 Å². The zero-order valence-corrected chi connectivity index (χ0v) is 25.7. The van der Waals surface area contributed by atoms with Gasteiger partial charge in [-0.2, -0.15) is 4.31 Å². The number of rotatable bonds is 13. The normalized spacial score (nSPS) is 10.9. The molecule has 0 aliphatic carbocycles. The predicted molar refractivity (Wildman–Crippen MR) is 167 cm³/mol. The highest BCUT2D eigenvalue weighted by atomic mass is 32.2. The number of hydrogen-bond donors (Lipinski definition) is 1. The van der Waals surface area contributed by atoms with E-state index in [1.807, 2.05) is 72.8 Å². The maximum Gasteiger partial charge on any atom is 0.211 e. The summed E-state index contributed by atoms with van der Waals surface area (Å²) in [7, 11) is 3.23. The Morgan fingerprint density at radius 2 is 0.762 bits per heavy atom. The second-order valence-electron chi connectivity index (χ2n) is 9.53.